The Kier molecular flexibility index (Phi) is 3.34. The van der Waals surface area contributed by atoms with E-state index in [4.69, 9.17) is 0 Å². The van der Waals surface area contributed by atoms with E-state index < -0.39 is 0 Å². The van der Waals surface area contributed by atoms with Crippen molar-refractivity contribution in [1.29, 1.82) is 0 Å². The van der Waals surface area contributed by atoms with Crippen LogP contribution in [0.25, 0.3) is 6.08 Å². The number of nitrogens with one attached hydrogen (secondary N) is 1. The molecule has 0 spiro atoms. The van der Waals surface area contributed by atoms with E-state index in [9.17, 15) is 0 Å². The highest BCUT2D eigenvalue weighted by atomic mass is 14.8. The van der Waals surface area contributed by atoms with Crippen LogP contribution in [0.3, 0.4) is 0 Å². The highest BCUT2D eigenvalue weighted by molar-refractivity contribution is 5.52. The van der Waals surface area contributed by atoms with Crippen molar-refractivity contribution in [2.45, 2.75) is 6.54 Å². The summed E-state index contributed by atoms with van der Waals surface area (Å²) in [6.45, 7) is 4.44. The van der Waals surface area contributed by atoms with E-state index in [0.717, 1.165) is 6.54 Å². The maximum absolute atomic E-state index is 3.56. The molecule has 1 rings (SSSR count). The van der Waals surface area contributed by atoms with Crippen molar-refractivity contribution >= 4 is 6.08 Å². The third-order valence-corrected chi connectivity index (χ3v) is 1.68. The third-order valence-electron chi connectivity index (χ3n) is 1.68. The summed E-state index contributed by atoms with van der Waals surface area (Å²) in [7, 11) is 1.94. The summed E-state index contributed by atoms with van der Waals surface area (Å²) in [6, 6.07) is 8.21. The maximum Gasteiger partial charge on any atom is 0.0208 e. The Labute approximate surface area is 73.4 Å². The van der Waals surface area contributed by atoms with Crippen LogP contribution in [0.2, 0.25) is 0 Å². The molecule has 1 heteroatoms. The predicted molar refractivity (Wildman–Crippen MR) is 52.8 cm³/mol. The van der Waals surface area contributed by atoms with E-state index in [1.807, 2.05) is 25.3 Å². The summed E-state index contributed by atoms with van der Waals surface area (Å²) in [5.41, 5.74) is 5.24. The average molecular weight is 159 g/mol. The lowest BCUT2D eigenvalue weighted by Crippen LogP contribution is -2.06. The molecule has 0 saturated heterocycles. The SMILES string of the molecule is C=C=Cc1ccccc1CNC. The molecule has 0 saturated carbocycles. The van der Waals surface area contributed by atoms with Crippen LogP contribution in [0.5, 0.6) is 0 Å². The highest BCUT2D eigenvalue weighted by Crippen LogP contribution is 2.09. The molecule has 0 atom stereocenters. The Balaban J connectivity index is 2.99. The van der Waals surface area contributed by atoms with Gasteiger partial charge in [0.05, 0.1) is 0 Å². The lowest BCUT2D eigenvalue weighted by molar-refractivity contribution is 0.816. The molecular formula is C11H13N. The van der Waals surface area contributed by atoms with Crippen molar-refractivity contribution in [3.63, 3.8) is 0 Å². The summed E-state index contributed by atoms with van der Waals surface area (Å²) < 4.78 is 0. The molecule has 0 aliphatic heterocycles. The smallest absolute Gasteiger partial charge is 0.0208 e. The minimum Gasteiger partial charge on any atom is -0.316 e. The molecule has 1 nitrogen and oxygen atoms in total. The molecule has 0 fully saturated rings. The molecule has 0 aromatic heterocycles. The van der Waals surface area contributed by atoms with Crippen LogP contribution in [0.4, 0.5) is 0 Å². The maximum atomic E-state index is 3.56. The van der Waals surface area contributed by atoms with E-state index in [0.29, 0.717) is 0 Å². The fourth-order valence-electron chi connectivity index (χ4n) is 1.14. The second-order valence-electron chi connectivity index (χ2n) is 2.58. The monoisotopic (exact) mass is 159 g/mol. The first-order chi connectivity index (χ1) is 5.88. The van der Waals surface area contributed by atoms with Gasteiger partial charge in [0.2, 0.25) is 0 Å². The van der Waals surface area contributed by atoms with E-state index >= 15 is 0 Å². The summed E-state index contributed by atoms with van der Waals surface area (Å²) in [4.78, 5) is 0. The zero-order valence-corrected chi connectivity index (χ0v) is 7.30. The Morgan fingerprint density at radius 2 is 2.25 bits per heavy atom. The van der Waals surface area contributed by atoms with Gasteiger partial charge in [0, 0.05) is 6.54 Å². The van der Waals surface area contributed by atoms with E-state index in [-0.39, 0.29) is 0 Å². The lowest BCUT2D eigenvalue weighted by Gasteiger charge is -2.03. The van der Waals surface area contributed by atoms with Gasteiger partial charge in [-0.05, 0) is 24.3 Å². The van der Waals surface area contributed by atoms with Crippen LogP contribution in [0.1, 0.15) is 11.1 Å². The summed E-state index contributed by atoms with van der Waals surface area (Å²) >= 11 is 0. The van der Waals surface area contributed by atoms with Crippen molar-refractivity contribution in [2.75, 3.05) is 7.05 Å². The first-order valence-electron chi connectivity index (χ1n) is 3.97. The number of hydrogen-bond donors (Lipinski definition) is 1. The third kappa shape index (κ3) is 2.09. The Morgan fingerprint density at radius 3 is 2.92 bits per heavy atom. The summed E-state index contributed by atoms with van der Waals surface area (Å²) in [5.74, 6) is 0. The van der Waals surface area contributed by atoms with Gasteiger partial charge in [-0.3, -0.25) is 0 Å². The van der Waals surface area contributed by atoms with Crippen LogP contribution in [-0.2, 0) is 6.54 Å². The Morgan fingerprint density at radius 1 is 1.50 bits per heavy atom. The summed E-state index contributed by atoms with van der Waals surface area (Å²) in [6.07, 6.45) is 1.90. The molecule has 0 aliphatic carbocycles. The molecule has 0 heterocycles. The predicted octanol–water partition coefficient (Wildman–Crippen LogP) is 2.20. The Hall–Kier alpha value is -1.30. The van der Waals surface area contributed by atoms with Gasteiger partial charge in [-0.1, -0.05) is 30.8 Å². The van der Waals surface area contributed by atoms with Gasteiger partial charge in [0.1, 0.15) is 0 Å². The van der Waals surface area contributed by atoms with Gasteiger partial charge in [-0.15, -0.1) is 5.73 Å². The molecule has 0 bridgehead atoms. The quantitative estimate of drug-likeness (QED) is 0.667. The van der Waals surface area contributed by atoms with Gasteiger partial charge < -0.3 is 5.32 Å². The van der Waals surface area contributed by atoms with Crippen molar-refractivity contribution < 1.29 is 0 Å². The van der Waals surface area contributed by atoms with Crippen LogP contribution in [0.15, 0.2) is 36.6 Å². The molecular weight excluding hydrogens is 146 g/mol. The lowest BCUT2D eigenvalue weighted by atomic mass is 10.1. The van der Waals surface area contributed by atoms with Gasteiger partial charge in [0.25, 0.3) is 0 Å². The molecule has 1 aromatic rings. The van der Waals surface area contributed by atoms with Crippen LogP contribution in [-0.4, -0.2) is 7.05 Å². The molecule has 0 aliphatic rings. The van der Waals surface area contributed by atoms with Gasteiger partial charge in [-0.2, -0.15) is 0 Å². The second-order valence-corrected chi connectivity index (χ2v) is 2.58. The molecule has 0 amide bonds. The molecule has 0 radical (unpaired) electrons. The topological polar surface area (TPSA) is 12.0 Å². The van der Waals surface area contributed by atoms with Gasteiger partial charge in [-0.25, -0.2) is 0 Å². The van der Waals surface area contributed by atoms with Crippen molar-refractivity contribution in [3.8, 4) is 0 Å². The first-order valence-corrected chi connectivity index (χ1v) is 3.97. The van der Waals surface area contributed by atoms with E-state index in [1.165, 1.54) is 11.1 Å². The average Bonchev–Trinajstić information content (AvgIpc) is 2.09. The minimum absolute atomic E-state index is 0.883. The van der Waals surface area contributed by atoms with Crippen molar-refractivity contribution in [1.82, 2.24) is 5.32 Å². The summed E-state index contributed by atoms with van der Waals surface area (Å²) in [5, 5.41) is 3.11. The number of benzene rings is 1. The minimum atomic E-state index is 0.883. The van der Waals surface area contributed by atoms with E-state index in [2.05, 4.69) is 29.8 Å². The fourth-order valence-corrected chi connectivity index (χ4v) is 1.14. The number of hydrogen-bond acceptors (Lipinski definition) is 1. The number of rotatable bonds is 3. The fraction of sp³-hybridized carbons (Fsp3) is 0.182. The Bertz CT molecular complexity index is 296. The normalized spacial score (nSPS) is 9.08. The zero-order valence-electron chi connectivity index (χ0n) is 7.30. The van der Waals surface area contributed by atoms with Gasteiger partial charge >= 0.3 is 0 Å². The molecule has 62 valence electrons. The van der Waals surface area contributed by atoms with Crippen molar-refractivity contribution in [3.05, 3.63) is 47.7 Å². The first kappa shape index (κ1) is 8.79. The largest absolute Gasteiger partial charge is 0.316 e. The van der Waals surface area contributed by atoms with Crippen molar-refractivity contribution in [2.24, 2.45) is 0 Å². The highest BCUT2D eigenvalue weighted by Gasteiger charge is 1.94. The molecule has 0 unspecified atom stereocenters. The molecule has 1 N–H and O–H groups in total. The standard InChI is InChI=1S/C11H13N/c1-3-6-10-7-4-5-8-11(10)9-12-2/h4-8,12H,1,9H2,2H3. The van der Waals surface area contributed by atoms with Gasteiger partial charge in [0.15, 0.2) is 0 Å². The van der Waals surface area contributed by atoms with Crippen LogP contribution < -0.4 is 5.32 Å². The molecule has 12 heavy (non-hydrogen) atoms. The van der Waals surface area contributed by atoms with Crippen LogP contribution in [0, 0.1) is 0 Å². The second kappa shape index (κ2) is 4.55. The molecule has 1 aromatic carbocycles. The van der Waals surface area contributed by atoms with Crippen LogP contribution >= 0.6 is 0 Å². The van der Waals surface area contributed by atoms with E-state index in [1.54, 1.807) is 0 Å². The zero-order chi connectivity index (χ0) is 8.81.